The van der Waals surface area contributed by atoms with E-state index in [-0.39, 0.29) is 12.7 Å². The van der Waals surface area contributed by atoms with Crippen molar-refractivity contribution in [3.63, 3.8) is 0 Å². The van der Waals surface area contributed by atoms with Gasteiger partial charge in [0.25, 0.3) is 0 Å². The summed E-state index contributed by atoms with van der Waals surface area (Å²) in [6.45, 7) is -0.00317. The van der Waals surface area contributed by atoms with Gasteiger partial charge >= 0.3 is 0 Å². The lowest BCUT2D eigenvalue weighted by molar-refractivity contribution is 0.0850. The number of rotatable bonds is 3. The maximum absolute atomic E-state index is 9.03. The van der Waals surface area contributed by atoms with Gasteiger partial charge in [0.1, 0.15) is 11.9 Å². The average Bonchev–Trinajstić information content (AvgIpc) is 3.13. The highest BCUT2D eigenvalue weighted by Crippen LogP contribution is 2.67. The van der Waals surface area contributed by atoms with E-state index in [9.17, 15) is 0 Å². The number of aliphatic hydroxyl groups is 1. The molecule has 2 aliphatic heterocycles. The largest absolute Gasteiger partial charge is 0.490 e. The molecule has 93 valence electrons. The monoisotopic (exact) mass is 255 g/mol. The quantitative estimate of drug-likeness (QED) is 0.664. The summed E-state index contributed by atoms with van der Waals surface area (Å²) < 4.78 is 16.0. The predicted molar refractivity (Wildman–Crippen MR) is 64.3 cm³/mol. The fraction of sp³-hybridized carbons (Fsp3) is 0.500. The first-order valence-corrected chi connectivity index (χ1v) is 7.56. The molecule has 1 aromatic rings. The smallest absolute Gasteiger partial charge is 0.120 e. The minimum Gasteiger partial charge on any atom is -0.490 e. The summed E-state index contributed by atoms with van der Waals surface area (Å²) in [6.07, 6.45) is 2.18. The van der Waals surface area contributed by atoms with Gasteiger partial charge in [-0.1, -0.05) is 6.07 Å². The lowest BCUT2D eigenvalue weighted by Gasteiger charge is -2.28. The van der Waals surface area contributed by atoms with E-state index < -0.39 is 10.6 Å². The van der Waals surface area contributed by atoms with Gasteiger partial charge < -0.3 is 9.84 Å². The molecule has 3 rings (SSSR count). The molecule has 0 unspecified atom stereocenters. The molecular weight excluding hydrogens is 240 g/mol. The molecule has 1 spiro atoms. The molecule has 2 saturated heterocycles. The fourth-order valence-electron chi connectivity index (χ4n) is 2.01. The molecule has 0 atom stereocenters. The fourth-order valence-corrected chi connectivity index (χ4v) is 4.05. The van der Waals surface area contributed by atoms with Crippen molar-refractivity contribution in [2.75, 3.05) is 11.5 Å². The summed E-state index contributed by atoms with van der Waals surface area (Å²) >= 11 is 0. The summed E-state index contributed by atoms with van der Waals surface area (Å²) in [4.78, 5) is 0. The van der Waals surface area contributed by atoms with Crippen molar-refractivity contribution < 1.29 is 18.5 Å². The molecule has 0 aromatic heterocycles. The number of hydrogen-bond acceptors (Lipinski definition) is 4. The number of benzene rings is 1. The SMILES string of the molecule is OCc1[c]ccc(OC2CCS3(CC2)OO3)c1. The Bertz CT molecular complexity index is 395. The van der Waals surface area contributed by atoms with Crippen LogP contribution >= 0.6 is 10.6 Å². The third-order valence-electron chi connectivity index (χ3n) is 3.07. The predicted octanol–water partition coefficient (Wildman–Crippen LogP) is 2.12. The van der Waals surface area contributed by atoms with Crippen molar-refractivity contribution >= 4 is 10.6 Å². The van der Waals surface area contributed by atoms with Gasteiger partial charge in [0.15, 0.2) is 0 Å². The van der Waals surface area contributed by atoms with Crippen LogP contribution in [0, 0.1) is 6.07 Å². The second kappa shape index (κ2) is 4.49. The van der Waals surface area contributed by atoms with E-state index in [0.29, 0.717) is 0 Å². The molecule has 1 N–H and O–H groups in total. The minimum atomic E-state index is -1.10. The minimum absolute atomic E-state index is 0.00317. The zero-order valence-corrected chi connectivity index (χ0v) is 10.2. The third-order valence-corrected chi connectivity index (χ3v) is 5.30. The van der Waals surface area contributed by atoms with Crippen LogP contribution in [0.25, 0.3) is 0 Å². The van der Waals surface area contributed by atoms with E-state index in [0.717, 1.165) is 35.7 Å². The molecule has 4 nitrogen and oxygen atoms in total. The van der Waals surface area contributed by atoms with E-state index in [4.69, 9.17) is 18.5 Å². The Hall–Kier alpha value is -0.750. The maximum atomic E-state index is 9.03. The van der Waals surface area contributed by atoms with Crippen LogP contribution < -0.4 is 4.74 Å². The van der Waals surface area contributed by atoms with Crippen LogP contribution in [0.4, 0.5) is 0 Å². The first kappa shape index (κ1) is 11.3. The van der Waals surface area contributed by atoms with Gasteiger partial charge in [-0.3, -0.25) is 0 Å². The van der Waals surface area contributed by atoms with Gasteiger partial charge in [-0.25, -0.2) is 0 Å². The molecule has 0 bridgehead atoms. The molecule has 0 amide bonds. The highest BCUT2D eigenvalue weighted by atomic mass is 32.3. The second-order valence-corrected chi connectivity index (χ2v) is 6.89. The average molecular weight is 255 g/mol. The number of ether oxygens (including phenoxy) is 1. The lowest BCUT2D eigenvalue weighted by atomic mass is 10.2. The Morgan fingerprint density at radius 1 is 1.41 bits per heavy atom. The van der Waals surface area contributed by atoms with Gasteiger partial charge in [-0.2, -0.15) is 0 Å². The number of aliphatic hydroxyl groups excluding tert-OH is 1. The van der Waals surface area contributed by atoms with Crippen molar-refractivity contribution in [2.24, 2.45) is 0 Å². The molecule has 0 aliphatic carbocycles. The summed E-state index contributed by atoms with van der Waals surface area (Å²) in [5.74, 6) is 2.76. The maximum Gasteiger partial charge on any atom is 0.120 e. The second-order valence-electron chi connectivity index (χ2n) is 4.31. The molecule has 5 heteroatoms. The molecule has 1 radical (unpaired) electrons. The van der Waals surface area contributed by atoms with Gasteiger partial charge in [-0.05, 0) is 23.8 Å². The Morgan fingerprint density at radius 3 is 2.82 bits per heavy atom. The van der Waals surface area contributed by atoms with E-state index >= 15 is 0 Å². The Morgan fingerprint density at radius 2 is 2.18 bits per heavy atom. The topological polar surface area (TPSA) is 54.5 Å². The van der Waals surface area contributed by atoms with Gasteiger partial charge in [0.05, 0.1) is 6.61 Å². The van der Waals surface area contributed by atoms with Crippen LogP contribution in [0.1, 0.15) is 18.4 Å². The number of hydrogen-bond donors (Lipinski definition) is 1. The van der Waals surface area contributed by atoms with Crippen molar-refractivity contribution in [3.05, 3.63) is 29.8 Å². The standard InChI is InChI=1S/C12H15O4S/c13-9-10-2-1-3-12(8-10)14-11-4-6-17(7-5-11)15-16-17/h1,3,8,11,13H,4-7,9H2. The van der Waals surface area contributed by atoms with E-state index in [1.807, 2.05) is 12.1 Å². The zero-order chi connectivity index (χ0) is 11.7. The van der Waals surface area contributed by atoms with Crippen LogP contribution in [-0.2, 0) is 15.3 Å². The first-order valence-electron chi connectivity index (χ1n) is 5.74. The highest BCUT2D eigenvalue weighted by Gasteiger charge is 2.42. The van der Waals surface area contributed by atoms with Crippen LogP contribution in [0.3, 0.4) is 0 Å². The molecule has 2 heterocycles. The molecular formula is C12H15O4S. The van der Waals surface area contributed by atoms with Crippen molar-refractivity contribution in [3.8, 4) is 5.75 Å². The van der Waals surface area contributed by atoms with Crippen molar-refractivity contribution in [1.29, 1.82) is 0 Å². The lowest BCUT2D eigenvalue weighted by Crippen LogP contribution is -2.25. The van der Waals surface area contributed by atoms with E-state index in [2.05, 4.69) is 6.07 Å². The molecule has 0 saturated carbocycles. The Kier molecular flexibility index (Phi) is 3.00. The summed E-state index contributed by atoms with van der Waals surface area (Å²) in [7, 11) is -1.10. The summed E-state index contributed by atoms with van der Waals surface area (Å²) in [5.41, 5.74) is 0.759. The highest BCUT2D eigenvalue weighted by molar-refractivity contribution is 8.29. The molecule has 2 aliphatic rings. The zero-order valence-electron chi connectivity index (χ0n) is 9.43. The van der Waals surface area contributed by atoms with Crippen LogP contribution in [0.2, 0.25) is 0 Å². The van der Waals surface area contributed by atoms with Crippen molar-refractivity contribution in [1.82, 2.24) is 0 Å². The molecule has 1 aromatic carbocycles. The normalized spacial score (nSPS) is 24.5. The van der Waals surface area contributed by atoms with Gasteiger partial charge in [-0.15, -0.1) is 19.3 Å². The van der Waals surface area contributed by atoms with Crippen LogP contribution in [0.5, 0.6) is 5.75 Å². The Labute approximate surface area is 102 Å². The van der Waals surface area contributed by atoms with E-state index in [1.54, 1.807) is 6.07 Å². The van der Waals surface area contributed by atoms with E-state index in [1.165, 1.54) is 0 Å². The van der Waals surface area contributed by atoms with Gasteiger partial charge in [0.2, 0.25) is 0 Å². The van der Waals surface area contributed by atoms with Crippen molar-refractivity contribution in [2.45, 2.75) is 25.6 Å². The third kappa shape index (κ3) is 2.57. The van der Waals surface area contributed by atoms with Gasteiger partial charge in [0, 0.05) is 24.3 Å². The molecule has 2 fully saturated rings. The summed E-state index contributed by atoms with van der Waals surface area (Å²) in [5, 5.41) is 9.03. The summed E-state index contributed by atoms with van der Waals surface area (Å²) in [6, 6.07) is 8.44. The van der Waals surface area contributed by atoms with Crippen LogP contribution in [0.15, 0.2) is 18.2 Å². The first-order chi connectivity index (χ1) is 8.30. The van der Waals surface area contributed by atoms with Crippen LogP contribution in [-0.4, -0.2) is 22.7 Å². The molecule has 17 heavy (non-hydrogen) atoms. The Balaban J connectivity index is 1.59.